The van der Waals surface area contributed by atoms with E-state index < -0.39 is 0 Å². The fourth-order valence-corrected chi connectivity index (χ4v) is 2.44. The van der Waals surface area contributed by atoms with E-state index in [1.165, 1.54) is 5.56 Å². The molecule has 0 N–H and O–H groups in total. The summed E-state index contributed by atoms with van der Waals surface area (Å²) in [6.07, 6.45) is 1.85. The maximum atomic E-state index is 12.6. The number of benzene rings is 1. The van der Waals surface area contributed by atoms with Crippen molar-refractivity contribution in [2.24, 2.45) is 0 Å². The second-order valence-electron chi connectivity index (χ2n) is 5.24. The summed E-state index contributed by atoms with van der Waals surface area (Å²) in [5.41, 5.74) is 3.03. The zero-order valence-electron chi connectivity index (χ0n) is 12.3. The molecule has 0 aliphatic rings. The largest absolute Gasteiger partial charge is 0.360 e. The molecule has 0 atom stereocenters. The Kier molecular flexibility index (Phi) is 3.25. The fraction of sp³-hybridized carbons (Fsp3) is 0.250. The minimum absolute atomic E-state index is 0.107. The second kappa shape index (κ2) is 5.09. The first-order chi connectivity index (χ1) is 10.1. The SMILES string of the molecule is Cc1cc(-n2c(C)cn(Cc3ccccc3C)c2=O)no1. The molecular formula is C16H17N3O2. The summed E-state index contributed by atoms with van der Waals surface area (Å²) in [5, 5.41) is 3.92. The van der Waals surface area contributed by atoms with Crippen LogP contribution in [-0.4, -0.2) is 14.3 Å². The summed E-state index contributed by atoms with van der Waals surface area (Å²) >= 11 is 0. The van der Waals surface area contributed by atoms with Crippen LogP contribution in [0.4, 0.5) is 0 Å². The molecule has 0 aliphatic carbocycles. The molecule has 3 rings (SSSR count). The second-order valence-corrected chi connectivity index (χ2v) is 5.24. The number of hydrogen-bond donors (Lipinski definition) is 0. The predicted octanol–water partition coefficient (Wildman–Crippen LogP) is 2.60. The summed E-state index contributed by atoms with van der Waals surface area (Å²) in [7, 11) is 0. The van der Waals surface area contributed by atoms with Gasteiger partial charge in [0.25, 0.3) is 0 Å². The molecule has 2 aromatic heterocycles. The highest BCUT2D eigenvalue weighted by Gasteiger charge is 2.13. The third-order valence-corrected chi connectivity index (χ3v) is 3.58. The molecule has 3 aromatic rings. The number of aryl methyl sites for hydroxylation is 3. The van der Waals surface area contributed by atoms with E-state index in [-0.39, 0.29) is 5.69 Å². The molecule has 5 heteroatoms. The van der Waals surface area contributed by atoms with Crippen LogP contribution in [0.5, 0.6) is 0 Å². The fourth-order valence-electron chi connectivity index (χ4n) is 2.44. The Hall–Kier alpha value is -2.56. The first-order valence-electron chi connectivity index (χ1n) is 6.83. The normalized spacial score (nSPS) is 11.0. The Balaban J connectivity index is 2.03. The smallest absolute Gasteiger partial charge is 0.334 e. The van der Waals surface area contributed by atoms with E-state index in [4.69, 9.17) is 4.52 Å². The molecular weight excluding hydrogens is 266 g/mol. The van der Waals surface area contributed by atoms with Gasteiger partial charge in [0, 0.05) is 18.0 Å². The molecule has 0 radical (unpaired) electrons. The maximum Gasteiger partial charge on any atom is 0.334 e. The van der Waals surface area contributed by atoms with Crippen molar-refractivity contribution in [3.05, 3.63) is 69.6 Å². The standard InChI is InChI=1S/C16H17N3O2/c1-11-6-4-5-7-14(11)10-18-9-12(2)19(16(18)20)15-8-13(3)21-17-15/h4-9H,10H2,1-3H3. The van der Waals surface area contributed by atoms with E-state index in [0.717, 1.165) is 11.3 Å². The van der Waals surface area contributed by atoms with Crippen LogP contribution in [-0.2, 0) is 6.54 Å². The van der Waals surface area contributed by atoms with Gasteiger partial charge < -0.3 is 4.52 Å². The van der Waals surface area contributed by atoms with Crippen molar-refractivity contribution in [2.45, 2.75) is 27.3 Å². The molecule has 0 aliphatic heterocycles. The maximum absolute atomic E-state index is 12.6. The van der Waals surface area contributed by atoms with Crippen molar-refractivity contribution >= 4 is 0 Å². The van der Waals surface area contributed by atoms with Gasteiger partial charge in [-0.25, -0.2) is 9.36 Å². The van der Waals surface area contributed by atoms with Crippen molar-refractivity contribution < 1.29 is 4.52 Å². The van der Waals surface area contributed by atoms with Gasteiger partial charge in [0.1, 0.15) is 5.76 Å². The zero-order chi connectivity index (χ0) is 15.0. The lowest BCUT2D eigenvalue weighted by Gasteiger charge is -2.05. The minimum Gasteiger partial charge on any atom is -0.360 e. The monoisotopic (exact) mass is 283 g/mol. The number of rotatable bonds is 3. The molecule has 1 aromatic carbocycles. The van der Waals surface area contributed by atoms with Crippen LogP contribution in [0.2, 0.25) is 0 Å². The minimum atomic E-state index is -0.107. The highest BCUT2D eigenvalue weighted by molar-refractivity contribution is 5.28. The Bertz CT molecular complexity index is 839. The van der Waals surface area contributed by atoms with Crippen LogP contribution < -0.4 is 5.69 Å². The van der Waals surface area contributed by atoms with Crippen LogP contribution in [0.25, 0.3) is 5.82 Å². The van der Waals surface area contributed by atoms with Crippen LogP contribution in [0.1, 0.15) is 22.6 Å². The molecule has 0 fully saturated rings. The number of imidazole rings is 1. The quantitative estimate of drug-likeness (QED) is 0.742. The lowest BCUT2D eigenvalue weighted by molar-refractivity contribution is 0.394. The van der Waals surface area contributed by atoms with Gasteiger partial charge >= 0.3 is 5.69 Å². The third-order valence-electron chi connectivity index (χ3n) is 3.58. The van der Waals surface area contributed by atoms with Crippen LogP contribution in [0, 0.1) is 20.8 Å². The first-order valence-corrected chi connectivity index (χ1v) is 6.83. The summed E-state index contributed by atoms with van der Waals surface area (Å²) < 4.78 is 8.32. The molecule has 0 amide bonds. The van der Waals surface area contributed by atoms with Crippen molar-refractivity contribution in [3.63, 3.8) is 0 Å². The molecule has 108 valence electrons. The Morgan fingerprint density at radius 1 is 1.19 bits per heavy atom. The summed E-state index contributed by atoms with van der Waals surface area (Å²) in [5.74, 6) is 1.21. The first kappa shape index (κ1) is 13.4. The molecule has 5 nitrogen and oxygen atoms in total. The third kappa shape index (κ3) is 2.42. The van der Waals surface area contributed by atoms with Crippen LogP contribution >= 0.6 is 0 Å². The summed E-state index contributed by atoms with van der Waals surface area (Å²) in [6.45, 7) is 6.29. The predicted molar refractivity (Wildman–Crippen MR) is 79.8 cm³/mol. The van der Waals surface area contributed by atoms with E-state index in [9.17, 15) is 4.79 Å². The lowest BCUT2D eigenvalue weighted by Crippen LogP contribution is -2.24. The average Bonchev–Trinajstić information content (AvgIpc) is 2.97. The number of aromatic nitrogens is 3. The summed E-state index contributed by atoms with van der Waals surface area (Å²) in [4.78, 5) is 12.6. The molecule has 21 heavy (non-hydrogen) atoms. The molecule has 0 bridgehead atoms. The van der Waals surface area contributed by atoms with Gasteiger partial charge in [-0.05, 0) is 31.9 Å². The van der Waals surface area contributed by atoms with Gasteiger partial charge in [0.05, 0.1) is 6.54 Å². The van der Waals surface area contributed by atoms with Gasteiger partial charge in [0.15, 0.2) is 5.82 Å². The topological polar surface area (TPSA) is 53.0 Å². The van der Waals surface area contributed by atoms with Crippen molar-refractivity contribution in [1.29, 1.82) is 0 Å². The van der Waals surface area contributed by atoms with Crippen LogP contribution in [0.15, 0.2) is 45.8 Å². The van der Waals surface area contributed by atoms with E-state index in [0.29, 0.717) is 18.1 Å². The molecule has 0 spiro atoms. The molecule has 2 heterocycles. The number of nitrogens with zero attached hydrogens (tertiary/aromatic N) is 3. The lowest BCUT2D eigenvalue weighted by atomic mass is 10.1. The highest BCUT2D eigenvalue weighted by atomic mass is 16.5. The van der Waals surface area contributed by atoms with Gasteiger partial charge in [-0.2, -0.15) is 0 Å². The molecule has 0 unspecified atom stereocenters. The van der Waals surface area contributed by atoms with Crippen molar-refractivity contribution in [3.8, 4) is 5.82 Å². The van der Waals surface area contributed by atoms with Crippen LogP contribution in [0.3, 0.4) is 0 Å². The van der Waals surface area contributed by atoms with E-state index in [1.54, 1.807) is 22.1 Å². The highest BCUT2D eigenvalue weighted by Crippen LogP contribution is 2.12. The molecule has 0 saturated heterocycles. The van der Waals surface area contributed by atoms with Crippen molar-refractivity contribution in [2.75, 3.05) is 0 Å². The Morgan fingerprint density at radius 3 is 2.62 bits per heavy atom. The summed E-state index contributed by atoms with van der Waals surface area (Å²) in [6, 6.07) is 9.82. The zero-order valence-corrected chi connectivity index (χ0v) is 12.3. The number of hydrogen-bond acceptors (Lipinski definition) is 3. The van der Waals surface area contributed by atoms with E-state index in [2.05, 4.69) is 5.16 Å². The molecule has 0 saturated carbocycles. The Labute approximate surface area is 122 Å². The van der Waals surface area contributed by atoms with Gasteiger partial charge in [-0.15, -0.1) is 0 Å². The van der Waals surface area contributed by atoms with Gasteiger partial charge in [-0.3, -0.25) is 4.57 Å². The van der Waals surface area contributed by atoms with Gasteiger partial charge in [0.2, 0.25) is 0 Å². The van der Waals surface area contributed by atoms with E-state index >= 15 is 0 Å². The van der Waals surface area contributed by atoms with Gasteiger partial charge in [-0.1, -0.05) is 29.4 Å². The Morgan fingerprint density at radius 2 is 1.95 bits per heavy atom. The van der Waals surface area contributed by atoms with Crippen molar-refractivity contribution in [1.82, 2.24) is 14.3 Å². The van der Waals surface area contributed by atoms with E-state index in [1.807, 2.05) is 44.3 Å². The average molecular weight is 283 g/mol.